The van der Waals surface area contributed by atoms with Crippen molar-refractivity contribution in [1.82, 2.24) is 4.31 Å². The van der Waals surface area contributed by atoms with Gasteiger partial charge in [-0.3, -0.25) is 4.72 Å². The van der Waals surface area contributed by atoms with Gasteiger partial charge in [-0.2, -0.15) is 4.31 Å². The van der Waals surface area contributed by atoms with Gasteiger partial charge in [0.2, 0.25) is 10.0 Å². The van der Waals surface area contributed by atoms with Crippen LogP contribution in [0.15, 0.2) is 46.2 Å². The van der Waals surface area contributed by atoms with E-state index in [1.165, 1.54) is 16.4 Å². The molecule has 0 heterocycles. The third-order valence-corrected chi connectivity index (χ3v) is 7.98. The highest BCUT2D eigenvalue weighted by atomic mass is 32.2. The van der Waals surface area contributed by atoms with Crippen molar-refractivity contribution in [3.63, 3.8) is 0 Å². The highest BCUT2D eigenvalue weighted by Crippen LogP contribution is 2.26. The van der Waals surface area contributed by atoms with Crippen LogP contribution in [0.5, 0.6) is 0 Å². The molecule has 0 radical (unpaired) electrons. The van der Waals surface area contributed by atoms with E-state index in [-0.39, 0.29) is 15.5 Å². The van der Waals surface area contributed by atoms with Crippen molar-refractivity contribution in [2.75, 3.05) is 17.8 Å². The number of nitrogens with zero attached hydrogens (tertiary/aromatic N) is 1. The van der Waals surface area contributed by atoms with Gasteiger partial charge >= 0.3 is 0 Å². The minimum atomic E-state index is -3.84. The van der Waals surface area contributed by atoms with Gasteiger partial charge in [-0.25, -0.2) is 16.8 Å². The predicted octanol–water partition coefficient (Wildman–Crippen LogP) is 3.44. The van der Waals surface area contributed by atoms with Crippen LogP contribution in [-0.2, 0) is 20.0 Å². The molecular weight excluding hydrogens is 384 g/mol. The smallest absolute Gasteiger partial charge is 0.262 e. The fraction of sp³-hybridized carbons (Fsp3) is 0.368. The Kier molecular flexibility index (Phi) is 6.34. The molecule has 2 aromatic carbocycles. The molecule has 0 fully saturated rings. The van der Waals surface area contributed by atoms with Crippen LogP contribution >= 0.6 is 0 Å². The molecule has 0 aliphatic carbocycles. The van der Waals surface area contributed by atoms with Crippen molar-refractivity contribution in [3.05, 3.63) is 53.1 Å². The lowest BCUT2D eigenvalue weighted by atomic mass is 10.2. The number of aryl methyl sites for hydroxylation is 3. The molecule has 0 bridgehead atoms. The first-order valence-corrected chi connectivity index (χ1v) is 11.7. The summed E-state index contributed by atoms with van der Waals surface area (Å²) in [6.45, 7) is 9.49. The molecule has 0 atom stereocenters. The van der Waals surface area contributed by atoms with Crippen LogP contribution in [0.4, 0.5) is 5.69 Å². The van der Waals surface area contributed by atoms with E-state index in [9.17, 15) is 16.8 Å². The third kappa shape index (κ3) is 4.51. The molecular formula is C19H26N2O4S2. The Bertz CT molecular complexity index is 1040. The molecule has 0 unspecified atom stereocenters. The first-order chi connectivity index (χ1) is 12.5. The number of sulfonamides is 2. The summed E-state index contributed by atoms with van der Waals surface area (Å²) in [6, 6.07) is 9.68. The van der Waals surface area contributed by atoms with Crippen LogP contribution in [0.3, 0.4) is 0 Å². The average Bonchev–Trinajstić information content (AvgIpc) is 2.59. The topological polar surface area (TPSA) is 83.6 Å². The molecule has 0 amide bonds. The van der Waals surface area contributed by atoms with E-state index in [1.807, 2.05) is 13.0 Å². The summed E-state index contributed by atoms with van der Waals surface area (Å²) >= 11 is 0. The number of hydrogen-bond donors (Lipinski definition) is 1. The van der Waals surface area contributed by atoms with Crippen LogP contribution < -0.4 is 4.72 Å². The summed E-state index contributed by atoms with van der Waals surface area (Å²) in [4.78, 5) is 0.245. The Morgan fingerprint density at radius 2 is 1.44 bits per heavy atom. The summed E-state index contributed by atoms with van der Waals surface area (Å²) < 4.78 is 55.1. The van der Waals surface area contributed by atoms with Gasteiger partial charge in [0.05, 0.1) is 15.5 Å². The predicted molar refractivity (Wildman–Crippen MR) is 108 cm³/mol. The molecule has 2 rings (SSSR count). The molecule has 27 heavy (non-hydrogen) atoms. The van der Waals surface area contributed by atoms with E-state index in [4.69, 9.17) is 0 Å². The standard InChI is InChI=1S/C19H26N2O4S2/c1-6-21(7-2)27(24,25)17-11-10-15(4)18(13-17)20-26(22,23)19-12-14(3)8-9-16(19)5/h8-13,20H,6-7H2,1-5H3. The minimum Gasteiger partial charge on any atom is -0.279 e. The molecule has 0 aliphatic rings. The Hall–Kier alpha value is -1.90. The van der Waals surface area contributed by atoms with Crippen molar-refractivity contribution in [2.45, 2.75) is 44.4 Å². The van der Waals surface area contributed by atoms with Crippen LogP contribution in [-0.4, -0.2) is 34.2 Å². The fourth-order valence-electron chi connectivity index (χ4n) is 2.78. The lowest BCUT2D eigenvalue weighted by Crippen LogP contribution is -2.30. The Morgan fingerprint density at radius 1 is 0.852 bits per heavy atom. The van der Waals surface area contributed by atoms with Gasteiger partial charge in [0.25, 0.3) is 10.0 Å². The number of rotatable bonds is 7. The Balaban J connectivity index is 2.50. The molecule has 6 nitrogen and oxygen atoms in total. The van der Waals surface area contributed by atoms with Crippen LogP contribution in [0.1, 0.15) is 30.5 Å². The lowest BCUT2D eigenvalue weighted by molar-refractivity contribution is 0.445. The van der Waals surface area contributed by atoms with Gasteiger partial charge in [-0.15, -0.1) is 0 Å². The quantitative estimate of drug-likeness (QED) is 0.758. The molecule has 1 N–H and O–H groups in total. The normalized spacial score (nSPS) is 12.4. The number of hydrogen-bond acceptors (Lipinski definition) is 4. The zero-order chi connectivity index (χ0) is 20.4. The maximum Gasteiger partial charge on any atom is 0.262 e. The second-order valence-electron chi connectivity index (χ2n) is 6.44. The van der Waals surface area contributed by atoms with Gasteiger partial charge in [0, 0.05) is 13.1 Å². The van der Waals surface area contributed by atoms with E-state index < -0.39 is 20.0 Å². The monoisotopic (exact) mass is 410 g/mol. The third-order valence-electron chi connectivity index (χ3n) is 4.43. The fourth-order valence-corrected chi connectivity index (χ4v) is 5.72. The highest BCUT2D eigenvalue weighted by Gasteiger charge is 2.24. The van der Waals surface area contributed by atoms with Crippen LogP contribution in [0, 0.1) is 20.8 Å². The largest absolute Gasteiger partial charge is 0.279 e. The Morgan fingerprint density at radius 3 is 2.04 bits per heavy atom. The molecule has 8 heteroatoms. The molecule has 2 aromatic rings. The van der Waals surface area contributed by atoms with Gasteiger partial charge in [-0.1, -0.05) is 32.0 Å². The first-order valence-electron chi connectivity index (χ1n) is 8.73. The van der Waals surface area contributed by atoms with Crippen molar-refractivity contribution < 1.29 is 16.8 Å². The highest BCUT2D eigenvalue weighted by molar-refractivity contribution is 7.92. The summed E-state index contributed by atoms with van der Waals surface area (Å²) in [5.74, 6) is 0. The van der Waals surface area contributed by atoms with E-state index >= 15 is 0 Å². The average molecular weight is 411 g/mol. The van der Waals surface area contributed by atoms with Gasteiger partial charge < -0.3 is 0 Å². The van der Waals surface area contributed by atoms with E-state index in [1.54, 1.807) is 45.9 Å². The van der Waals surface area contributed by atoms with E-state index in [0.717, 1.165) is 5.56 Å². The zero-order valence-corrected chi connectivity index (χ0v) is 17.9. The molecule has 0 saturated heterocycles. The van der Waals surface area contributed by atoms with Gasteiger partial charge in [-0.05, 0) is 55.7 Å². The van der Waals surface area contributed by atoms with Crippen molar-refractivity contribution in [2.24, 2.45) is 0 Å². The maximum atomic E-state index is 12.9. The van der Waals surface area contributed by atoms with Crippen molar-refractivity contribution in [3.8, 4) is 0 Å². The van der Waals surface area contributed by atoms with Crippen LogP contribution in [0.25, 0.3) is 0 Å². The van der Waals surface area contributed by atoms with Crippen molar-refractivity contribution in [1.29, 1.82) is 0 Å². The zero-order valence-electron chi connectivity index (χ0n) is 16.3. The molecule has 0 spiro atoms. The second-order valence-corrected chi connectivity index (χ2v) is 10.0. The summed E-state index contributed by atoms with van der Waals surface area (Å²) in [5.41, 5.74) is 2.35. The lowest BCUT2D eigenvalue weighted by Gasteiger charge is -2.20. The number of anilines is 1. The molecule has 0 saturated carbocycles. The maximum absolute atomic E-state index is 12.9. The molecule has 0 aromatic heterocycles. The van der Waals surface area contributed by atoms with E-state index in [0.29, 0.717) is 24.2 Å². The minimum absolute atomic E-state index is 0.0652. The van der Waals surface area contributed by atoms with Gasteiger partial charge in [0.15, 0.2) is 0 Å². The Labute approximate surface area is 162 Å². The molecule has 0 aliphatic heterocycles. The van der Waals surface area contributed by atoms with Gasteiger partial charge in [0.1, 0.15) is 0 Å². The summed E-state index contributed by atoms with van der Waals surface area (Å²) in [7, 11) is -7.52. The number of benzene rings is 2. The van der Waals surface area contributed by atoms with E-state index in [2.05, 4.69) is 4.72 Å². The summed E-state index contributed by atoms with van der Waals surface area (Å²) in [5, 5.41) is 0. The van der Waals surface area contributed by atoms with Crippen molar-refractivity contribution >= 4 is 25.7 Å². The summed E-state index contributed by atoms with van der Waals surface area (Å²) in [6.07, 6.45) is 0. The number of nitrogens with one attached hydrogen (secondary N) is 1. The first kappa shape index (κ1) is 21.4. The molecule has 148 valence electrons. The second kappa shape index (κ2) is 8.00. The van der Waals surface area contributed by atoms with Crippen LogP contribution in [0.2, 0.25) is 0 Å². The SMILES string of the molecule is CCN(CC)S(=O)(=O)c1ccc(C)c(NS(=O)(=O)c2cc(C)ccc2C)c1.